The molecule has 1 aliphatic heterocycles. The molecule has 1 fully saturated rings. The normalized spacial score (nSPS) is 17.6. The largest absolute Gasteiger partial charge is 0.370 e. The van der Waals surface area contributed by atoms with Crippen molar-refractivity contribution in [1.82, 2.24) is 4.90 Å². The highest BCUT2D eigenvalue weighted by molar-refractivity contribution is 6.31. The molecule has 5 heteroatoms. The number of guanidine groups is 1. The molecule has 0 aliphatic carbocycles. The first-order chi connectivity index (χ1) is 9.58. The van der Waals surface area contributed by atoms with E-state index in [0.717, 1.165) is 31.8 Å². The number of benzene rings is 1. The predicted molar refractivity (Wildman–Crippen MR) is 81.6 cm³/mol. The monoisotopic (exact) mass is 297 g/mol. The van der Waals surface area contributed by atoms with Crippen molar-refractivity contribution < 1.29 is 4.39 Å². The molecule has 0 spiro atoms. The minimum absolute atomic E-state index is 0.280. The summed E-state index contributed by atoms with van der Waals surface area (Å²) in [4.78, 5) is 6.45. The van der Waals surface area contributed by atoms with Crippen LogP contribution < -0.4 is 5.73 Å². The first-order valence-corrected chi connectivity index (χ1v) is 7.43. The second-order valence-electron chi connectivity index (χ2n) is 5.36. The SMILES string of the molecule is CC1CCN(C(N)=NCCc2c(F)cccc2Cl)CC1. The van der Waals surface area contributed by atoms with Gasteiger partial charge in [-0.05, 0) is 37.3 Å². The van der Waals surface area contributed by atoms with Crippen molar-refractivity contribution in [3.8, 4) is 0 Å². The molecular weight excluding hydrogens is 277 g/mol. The average molecular weight is 298 g/mol. The smallest absolute Gasteiger partial charge is 0.191 e. The number of hydrogen-bond acceptors (Lipinski definition) is 1. The molecule has 110 valence electrons. The van der Waals surface area contributed by atoms with Crippen LogP contribution in [0.2, 0.25) is 5.02 Å². The summed E-state index contributed by atoms with van der Waals surface area (Å²) in [6.45, 7) is 4.62. The van der Waals surface area contributed by atoms with Crippen molar-refractivity contribution in [3.63, 3.8) is 0 Å². The first-order valence-electron chi connectivity index (χ1n) is 7.05. The van der Waals surface area contributed by atoms with Gasteiger partial charge in [-0.15, -0.1) is 0 Å². The fourth-order valence-corrected chi connectivity index (χ4v) is 2.65. The molecule has 0 saturated carbocycles. The van der Waals surface area contributed by atoms with Gasteiger partial charge in [0.1, 0.15) is 5.82 Å². The molecule has 0 atom stereocenters. The second kappa shape index (κ2) is 6.93. The molecule has 2 rings (SSSR count). The zero-order valence-electron chi connectivity index (χ0n) is 11.8. The molecule has 1 aliphatic rings. The van der Waals surface area contributed by atoms with Crippen LogP contribution in [-0.2, 0) is 6.42 Å². The number of nitrogens with two attached hydrogens (primary N) is 1. The number of halogens is 2. The highest BCUT2D eigenvalue weighted by atomic mass is 35.5. The van der Waals surface area contributed by atoms with Crippen molar-refractivity contribution in [1.29, 1.82) is 0 Å². The van der Waals surface area contributed by atoms with Gasteiger partial charge in [-0.3, -0.25) is 4.99 Å². The maximum atomic E-state index is 13.6. The maximum absolute atomic E-state index is 13.6. The Labute approximate surface area is 124 Å². The van der Waals surface area contributed by atoms with E-state index in [2.05, 4.69) is 16.8 Å². The third kappa shape index (κ3) is 3.85. The van der Waals surface area contributed by atoms with Crippen molar-refractivity contribution in [3.05, 3.63) is 34.6 Å². The molecule has 1 aromatic rings. The predicted octanol–water partition coefficient (Wildman–Crippen LogP) is 3.07. The number of aliphatic imine (C=N–C) groups is 1. The van der Waals surface area contributed by atoms with Crippen LogP contribution in [0.25, 0.3) is 0 Å². The Morgan fingerprint density at radius 1 is 1.45 bits per heavy atom. The standard InChI is InChI=1S/C15H21ClFN3/c1-11-6-9-20(10-7-11)15(18)19-8-5-12-13(16)3-2-4-14(12)17/h2-4,11H,5-10H2,1H3,(H2,18,19). The van der Waals surface area contributed by atoms with Gasteiger partial charge < -0.3 is 10.6 Å². The van der Waals surface area contributed by atoms with Gasteiger partial charge in [-0.25, -0.2) is 4.39 Å². The van der Waals surface area contributed by atoms with E-state index in [9.17, 15) is 4.39 Å². The second-order valence-corrected chi connectivity index (χ2v) is 5.77. The highest BCUT2D eigenvalue weighted by Crippen LogP contribution is 2.19. The molecular formula is C15H21ClFN3. The first kappa shape index (κ1) is 15.1. The van der Waals surface area contributed by atoms with E-state index in [0.29, 0.717) is 29.5 Å². The van der Waals surface area contributed by atoms with E-state index in [-0.39, 0.29) is 5.82 Å². The lowest BCUT2D eigenvalue weighted by atomic mass is 10.00. The van der Waals surface area contributed by atoms with E-state index >= 15 is 0 Å². The van der Waals surface area contributed by atoms with E-state index in [1.165, 1.54) is 6.07 Å². The Hall–Kier alpha value is -1.29. The topological polar surface area (TPSA) is 41.6 Å². The maximum Gasteiger partial charge on any atom is 0.191 e. The Morgan fingerprint density at radius 2 is 2.15 bits per heavy atom. The van der Waals surface area contributed by atoms with Crippen molar-refractivity contribution in [2.45, 2.75) is 26.2 Å². The van der Waals surface area contributed by atoms with Gasteiger partial charge >= 0.3 is 0 Å². The Balaban J connectivity index is 1.89. The lowest BCUT2D eigenvalue weighted by molar-refractivity contribution is 0.277. The van der Waals surface area contributed by atoms with E-state index < -0.39 is 0 Å². The quantitative estimate of drug-likeness (QED) is 0.688. The van der Waals surface area contributed by atoms with Crippen LogP contribution in [0.1, 0.15) is 25.3 Å². The van der Waals surface area contributed by atoms with Crippen LogP contribution in [-0.4, -0.2) is 30.5 Å². The molecule has 0 amide bonds. The van der Waals surface area contributed by atoms with Crippen LogP contribution >= 0.6 is 11.6 Å². The molecule has 1 aromatic carbocycles. The number of hydrogen-bond donors (Lipinski definition) is 1. The zero-order chi connectivity index (χ0) is 14.5. The van der Waals surface area contributed by atoms with Gasteiger partial charge in [0, 0.05) is 30.2 Å². The molecule has 0 bridgehead atoms. The van der Waals surface area contributed by atoms with Crippen molar-refractivity contribution >= 4 is 17.6 Å². The minimum atomic E-state index is -0.280. The summed E-state index contributed by atoms with van der Waals surface area (Å²) in [5, 5.41) is 0.450. The van der Waals surface area contributed by atoms with Crippen LogP contribution in [0.15, 0.2) is 23.2 Å². The lowest BCUT2D eigenvalue weighted by Gasteiger charge is -2.31. The lowest BCUT2D eigenvalue weighted by Crippen LogP contribution is -2.42. The van der Waals surface area contributed by atoms with E-state index in [1.807, 2.05) is 0 Å². The van der Waals surface area contributed by atoms with Crippen LogP contribution in [0, 0.1) is 11.7 Å². The summed E-state index contributed by atoms with van der Waals surface area (Å²) < 4.78 is 13.6. The molecule has 1 heterocycles. The number of nitrogens with zero attached hydrogens (tertiary/aromatic N) is 2. The summed E-state index contributed by atoms with van der Waals surface area (Å²) in [5.74, 6) is 1.04. The summed E-state index contributed by atoms with van der Waals surface area (Å²) in [7, 11) is 0. The fraction of sp³-hybridized carbons (Fsp3) is 0.533. The average Bonchev–Trinajstić information content (AvgIpc) is 2.42. The fourth-order valence-electron chi connectivity index (χ4n) is 2.39. The van der Waals surface area contributed by atoms with Gasteiger partial charge in [-0.1, -0.05) is 24.6 Å². The summed E-state index contributed by atoms with van der Waals surface area (Å²) in [6, 6.07) is 4.72. The third-order valence-electron chi connectivity index (χ3n) is 3.80. The Kier molecular flexibility index (Phi) is 5.24. The van der Waals surface area contributed by atoms with Crippen LogP contribution in [0.4, 0.5) is 4.39 Å². The summed E-state index contributed by atoms with van der Waals surface area (Å²) in [6.07, 6.45) is 2.77. The molecule has 20 heavy (non-hydrogen) atoms. The molecule has 0 unspecified atom stereocenters. The van der Waals surface area contributed by atoms with Gasteiger partial charge in [0.15, 0.2) is 5.96 Å². The number of rotatable bonds is 3. The van der Waals surface area contributed by atoms with Gasteiger partial charge in [0.05, 0.1) is 0 Å². The van der Waals surface area contributed by atoms with Crippen LogP contribution in [0.3, 0.4) is 0 Å². The van der Waals surface area contributed by atoms with E-state index in [1.54, 1.807) is 12.1 Å². The third-order valence-corrected chi connectivity index (χ3v) is 4.16. The highest BCUT2D eigenvalue weighted by Gasteiger charge is 2.16. The molecule has 1 saturated heterocycles. The molecule has 3 nitrogen and oxygen atoms in total. The molecule has 0 aromatic heterocycles. The minimum Gasteiger partial charge on any atom is -0.370 e. The molecule has 2 N–H and O–H groups in total. The number of piperidine rings is 1. The van der Waals surface area contributed by atoms with Gasteiger partial charge in [-0.2, -0.15) is 0 Å². The van der Waals surface area contributed by atoms with Crippen molar-refractivity contribution in [2.24, 2.45) is 16.6 Å². The van der Waals surface area contributed by atoms with Gasteiger partial charge in [0.2, 0.25) is 0 Å². The zero-order valence-corrected chi connectivity index (χ0v) is 12.5. The summed E-state index contributed by atoms with van der Waals surface area (Å²) in [5.41, 5.74) is 6.50. The van der Waals surface area contributed by atoms with Crippen LogP contribution in [0.5, 0.6) is 0 Å². The van der Waals surface area contributed by atoms with Gasteiger partial charge in [0.25, 0.3) is 0 Å². The van der Waals surface area contributed by atoms with E-state index in [4.69, 9.17) is 17.3 Å². The Morgan fingerprint density at radius 3 is 2.80 bits per heavy atom. The Bertz CT molecular complexity index is 462. The number of likely N-dealkylation sites (tertiary alicyclic amines) is 1. The molecule has 0 radical (unpaired) electrons. The van der Waals surface area contributed by atoms with Crippen molar-refractivity contribution in [2.75, 3.05) is 19.6 Å². The summed E-state index contributed by atoms with van der Waals surface area (Å²) >= 11 is 5.98.